The van der Waals surface area contributed by atoms with Gasteiger partial charge in [0.15, 0.2) is 0 Å². The molecule has 3 N–H and O–H groups in total. The number of rotatable bonds is 3. The first-order valence-electron chi connectivity index (χ1n) is 5.76. The number of amides is 1. The van der Waals surface area contributed by atoms with Gasteiger partial charge < -0.3 is 11.1 Å². The van der Waals surface area contributed by atoms with E-state index in [1.54, 1.807) is 12.1 Å². The number of hydrogen-bond donors (Lipinski definition) is 2. The maximum Gasteiger partial charge on any atom is 0.236 e. The number of carbonyl (C=O) groups is 1. The standard InChI is InChI=1S/C12H15ClFN3O/c13-9-2-1-3-10(14)8(9)7-17-5-4-16-6-11(17)12(15)18/h1-3,11,16H,4-7H2,(H2,15,18). The van der Waals surface area contributed by atoms with Crippen molar-refractivity contribution in [2.75, 3.05) is 19.6 Å². The SMILES string of the molecule is NC(=O)C1CNCCN1Cc1c(F)cccc1Cl. The lowest BCUT2D eigenvalue weighted by Gasteiger charge is -2.34. The molecule has 1 aliphatic heterocycles. The van der Waals surface area contributed by atoms with E-state index >= 15 is 0 Å². The highest BCUT2D eigenvalue weighted by Gasteiger charge is 2.27. The molecule has 1 heterocycles. The normalized spacial score (nSPS) is 20.9. The maximum atomic E-state index is 13.7. The van der Waals surface area contributed by atoms with Crippen LogP contribution in [-0.4, -0.2) is 36.5 Å². The summed E-state index contributed by atoms with van der Waals surface area (Å²) in [5, 5.41) is 3.46. The Labute approximate surface area is 110 Å². The van der Waals surface area contributed by atoms with Crippen molar-refractivity contribution in [3.63, 3.8) is 0 Å². The molecule has 6 heteroatoms. The van der Waals surface area contributed by atoms with Crippen molar-refractivity contribution in [3.8, 4) is 0 Å². The fourth-order valence-electron chi connectivity index (χ4n) is 2.10. The second-order valence-corrected chi connectivity index (χ2v) is 4.70. The van der Waals surface area contributed by atoms with Gasteiger partial charge in [-0.3, -0.25) is 9.69 Å². The first kappa shape index (κ1) is 13.3. The molecule has 0 aliphatic carbocycles. The second kappa shape index (κ2) is 5.65. The summed E-state index contributed by atoms with van der Waals surface area (Å²) in [5.41, 5.74) is 5.75. The summed E-state index contributed by atoms with van der Waals surface area (Å²) in [6.07, 6.45) is 0. The summed E-state index contributed by atoms with van der Waals surface area (Å²) in [6.45, 7) is 2.16. The Morgan fingerprint density at radius 3 is 3.06 bits per heavy atom. The van der Waals surface area contributed by atoms with Gasteiger partial charge in [-0.05, 0) is 12.1 Å². The molecule has 0 aromatic heterocycles. The Bertz CT molecular complexity index is 435. The highest BCUT2D eigenvalue weighted by Crippen LogP contribution is 2.22. The number of nitrogens with one attached hydrogen (secondary N) is 1. The molecule has 0 bridgehead atoms. The number of nitrogens with zero attached hydrogens (tertiary/aromatic N) is 1. The molecule has 1 aliphatic rings. The van der Waals surface area contributed by atoms with Crippen molar-refractivity contribution < 1.29 is 9.18 Å². The molecule has 2 rings (SSSR count). The van der Waals surface area contributed by atoms with Crippen molar-refractivity contribution in [1.82, 2.24) is 10.2 Å². The smallest absolute Gasteiger partial charge is 0.236 e. The monoisotopic (exact) mass is 271 g/mol. The van der Waals surface area contributed by atoms with Gasteiger partial charge >= 0.3 is 0 Å². The van der Waals surface area contributed by atoms with E-state index in [0.29, 0.717) is 30.2 Å². The number of halogens is 2. The van der Waals surface area contributed by atoms with Crippen LogP contribution in [0.25, 0.3) is 0 Å². The van der Waals surface area contributed by atoms with Crippen LogP contribution >= 0.6 is 11.6 Å². The Morgan fingerprint density at radius 2 is 2.39 bits per heavy atom. The van der Waals surface area contributed by atoms with Crippen LogP contribution in [0.3, 0.4) is 0 Å². The van der Waals surface area contributed by atoms with Crippen LogP contribution < -0.4 is 11.1 Å². The first-order valence-corrected chi connectivity index (χ1v) is 6.14. The lowest BCUT2D eigenvalue weighted by Crippen LogP contribution is -2.56. The van der Waals surface area contributed by atoms with E-state index in [4.69, 9.17) is 17.3 Å². The van der Waals surface area contributed by atoms with Gasteiger partial charge in [-0.1, -0.05) is 17.7 Å². The number of benzene rings is 1. The zero-order chi connectivity index (χ0) is 13.1. The highest BCUT2D eigenvalue weighted by atomic mass is 35.5. The minimum Gasteiger partial charge on any atom is -0.368 e. The van der Waals surface area contributed by atoms with E-state index in [1.165, 1.54) is 6.07 Å². The zero-order valence-corrected chi connectivity index (χ0v) is 10.6. The highest BCUT2D eigenvalue weighted by molar-refractivity contribution is 6.31. The van der Waals surface area contributed by atoms with Crippen LogP contribution in [0.1, 0.15) is 5.56 Å². The summed E-state index contributed by atoms with van der Waals surface area (Å²) in [4.78, 5) is 13.2. The quantitative estimate of drug-likeness (QED) is 0.853. The molecule has 1 aromatic rings. The molecule has 1 fully saturated rings. The molecular formula is C12H15ClFN3O. The van der Waals surface area contributed by atoms with Gasteiger partial charge in [0.05, 0.1) is 0 Å². The lowest BCUT2D eigenvalue weighted by atomic mass is 10.1. The average molecular weight is 272 g/mol. The van der Waals surface area contributed by atoms with E-state index in [1.807, 2.05) is 4.90 Å². The molecule has 4 nitrogen and oxygen atoms in total. The predicted octanol–water partition coefficient (Wildman–Crippen LogP) is 0.738. The molecule has 1 saturated heterocycles. The summed E-state index contributed by atoms with van der Waals surface area (Å²) in [5.74, 6) is -0.765. The minimum absolute atomic E-state index is 0.292. The zero-order valence-electron chi connectivity index (χ0n) is 9.83. The van der Waals surface area contributed by atoms with E-state index in [0.717, 1.165) is 6.54 Å². The fourth-order valence-corrected chi connectivity index (χ4v) is 2.33. The van der Waals surface area contributed by atoms with E-state index in [-0.39, 0.29) is 5.82 Å². The average Bonchev–Trinajstić information content (AvgIpc) is 2.34. The maximum absolute atomic E-state index is 13.7. The third-order valence-electron chi connectivity index (χ3n) is 3.11. The molecule has 0 saturated carbocycles. The number of hydrogen-bond acceptors (Lipinski definition) is 3. The first-order chi connectivity index (χ1) is 8.59. The molecular weight excluding hydrogens is 257 g/mol. The Morgan fingerprint density at radius 1 is 1.61 bits per heavy atom. The van der Waals surface area contributed by atoms with Crippen molar-refractivity contribution in [2.45, 2.75) is 12.6 Å². The van der Waals surface area contributed by atoms with E-state index < -0.39 is 11.9 Å². The summed E-state index contributed by atoms with van der Waals surface area (Å²) >= 11 is 5.98. The Balaban J connectivity index is 2.18. The van der Waals surface area contributed by atoms with Crippen LogP contribution in [0.2, 0.25) is 5.02 Å². The van der Waals surface area contributed by atoms with Gasteiger partial charge in [0.2, 0.25) is 5.91 Å². The Kier molecular flexibility index (Phi) is 4.16. The predicted molar refractivity (Wildman–Crippen MR) is 67.7 cm³/mol. The third kappa shape index (κ3) is 2.80. The van der Waals surface area contributed by atoms with Crippen molar-refractivity contribution in [2.24, 2.45) is 5.73 Å². The van der Waals surface area contributed by atoms with Gasteiger partial charge in [0.25, 0.3) is 0 Å². The molecule has 0 spiro atoms. The van der Waals surface area contributed by atoms with Crippen molar-refractivity contribution in [1.29, 1.82) is 0 Å². The molecule has 98 valence electrons. The third-order valence-corrected chi connectivity index (χ3v) is 3.46. The van der Waals surface area contributed by atoms with Crippen molar-refractivity contribution >= 4 is 17.5 Å². The molecule has 1 atom stereocenters. The number of nitrogens with two attached hydrogens (primary N) is 1. The topological polar surface area (TPSA) is 58.4 Å². The lowest BCUT2D eigenvalue weighted by molar-refractivity contribution is -0.124. The van der Waals surface area contributed by atoms with Gasteiger partial charge in [0, 0.05) is 36.8 Å². The fraction of sp³-hybridized carbons (Fsp3) is 0.417. The number of piperazine rings is 1. The van der Waals surface area contributed by atoms with Gasteiger partial charge in [-0.2, -0.15) is 0 Å². The molecule has 1 unspecified atom stereocenters. The molecule has 18 heavy (non-hydrogen) atoms. The second-order valence-electron chi connectivity index (χ2n) is 4.29. The summed E-state index contributed by atoms with van der Waals surface area (Å²) in [7, 11) is 0. The van der Waals surface area contributed by atoms with E-state index in [9.17, 15) is 9.18 Å². The number of carbonyl (C=O) groups excluding carboxylic acids is 1. The van der Waals surface area contributed by atoms with Crippen LogP contribution in [0.5, 0.6) is 0 Å². The largest absolute Gasteiger partial charge is 0.368 e. The molecule has 1 aromatic carbocycles. The summed E-state index contributed by atoms with van der Waals surface area (Å²) in [6, 6.07) is 4.14. The van der Waals surface area contributed by atoms with Crippen LogP contribution in [0.15, 0.2) is 18.2 Å². The van der Waals surface area contributed by atoms with Gasteiger partial charge in [-0.25, -0.2) is 4.39 Å². The molecule has 1 amide bonds. The number of primary amides is 1. The van der Waals surface area contributed by atoms with Gasteiger partial charge in [-0.15, -0.1) is 0 Å². The molecule has 0 radical (unpaired) electrons. The Hall–Kier alpha value is -1.17. The minimum atomic E-state index is -0.422. The van der Waals surface area contributed by atoms with Crippen LogP contribution in [0, 0.1) is 5.82 Å². The van der Waals surface area contributed by atoms with Gasteiger partial charge in [0.1, 0.15) is 11.9 Å². The van der Waals surface area contributed by atoms with E-state index in [2.05, 4.69) is 5.32 Å². The summed E-state index contributed by atoms with van der Waals surface area (Å²) < 4.78 is 13.7. The van der Waals surface area contributed by atoms with Crippen LogP contribution in [-0.2, 0) is 11.3 Å². The van der Waals surface area contributed by atoms with Crippen LogP contribution in [0.4, 0.5) is 4.39 Å². The van der Waals surface area contributed by atoms with Crippen molar-refractivity contribution in [3.05, 3.63) is 34.6 Å².